The molecule has 0 heterocycles. The second-order valence-corrected chi connectivity index (χ2v) is 13.3. The number of aliphatic carboxylic acids is 1. The van der Waals surface area contributed by atoms with Gasteiger partial charge in [0.2, 0.25) is 0 Å². The van der Waals surface area contributed by atoms with Gasteiger partial charge in [0.05, 0.1) is 6.10 Å². The Balaban J connectivity index is 1.71. The molecule has 2 N–H and O–H groups in total. The molecular weight excluding hydrogens is 440 g/mol. The molecule has 4 rings (SSSR count). The number of aliphatic hydroxyl groups is 1. The Morgan fingerprint density at radius 3 is 2.40 bits per heavy atom. The fraction of sp³-hybridized carbons (Fsp3) is 0.767. The van der Waals surface area contributed by atoms with E-state index in [9.17, 15) is 19.5 Å². The quantitative estimate of drug-likeness (QED) is 0.474. The summed E-state index contributed by atoms with van der Waals surface area (Å²) in [5, 5.41) is 20.8. The second-order valence-electron chi connectivity index (χ2n) is 13.3. The van der Waals surface area contributed by atoms with E-state index in [0.29, 0.717) is 37.2 Å². The van der Waals surface area contributed by atoms with Crippen molar-refractivity contribution in [2.24, 2.45) is 39.4 Å². The minimum atomic E-state index is -0.879. The molecule has 4 aliphatic rings. The van der Waals surface area contributed by atoms with Crippen molar-refractivity contribution in [3.63, 3.8) is 0 Å². The van der Waals surface area contributed by atoms with Crippen molar-refractivity contribution in [1.82, 2.24) is 0 Å². The highest BCUT2D eigenvalue weighted by molar-refractivity contribution is 6.01. The number of hydrogen-bond donors (Lipinski definition) is 2. The molecule has 0 aromatic rings. The van der Waals surface area contributed by atoms with Gasteiger partial charge in [-0.1, -0.05) is 53.2 Å². The number of carbonyl (C=O) groups is 3. The van der Waals surface area contributed by atoms with E-state index >= 15 is 0 Å². The van der Waals surface area contributed by atoms with Gasteiger partial charge >= 0.3 is 5.97 Å². The molecule has 4 aliphatic carbocycles. The Morgan fingerprint density at radius 1 is 1.11 bits per heavy atom. The van der Waals surface area contributed by atoms with Crippen molar-refractivity contribution in [1.29, 1.82) is 0 Å². The molecule has 5 heteroatoms. The zero-order chi connectivity index (χ0) is 26.1. The summed E-state index contributed by atoms with van der Waals surface area (Å²) in [4.78, 5) is 37.9. The summed E-state index contributed by atoms with van der Waals surface area (Å²) >= 11 is 0. The highest BCUT2D eigenvalue weighted by Crippen LogP contribution is 2.71. The molecule has 0 bridgehead atoms. The summed E-state index contributed by atoms with van der Waals surface area (Å²) in [7, 11) is 0. The maximum Gasteiger partial charge on any atom is 0.330 e. The normalized spacial score (nSPS) is 41.8. The zero-order valence-electron chi connectivity index (χ0n) is 22.7. The fourth-order valence-electron chi connectivity index (χ4n) is 8.95. The number of ketones is 2. The van der Waals surface area contributed by atoms with Crippen molar-refractivity contribution < 1.29 is 24.6 Å². The SMILES string of the molecule is C/C(=C\CC[C@@H](C)[C@H]1C[C@H](O)[C@@]2(C)C3=C(CC[C@]12C)[C@@]1(C)CCC(=O)C(C)(C)[C@@H]1CC3=O)C(=O)O. The van der Waals surface area contributed by atoms with E-state index in [2.05, 4.69) is 27.7 Å². The molecule has 0 saturated heterocycles. The number of carbonyl (C=O) groups excluding carboxylic acids is 2. The number of carboxylic acids is 1. The fourth-order valence-corrected chi connectivity index (χ4v) is 8.95. The van der Waals surface area contributed by atoms with Crippen molar-refractivity contribution in [3.8, 4) is 0 Å². The van der Waals surface area contributed by atoms with Crippen LogP contribution < -0.4 is 0 Å². The largest absolute Gasteiger partial charge is 0.478 e. The van der Waals surface area contributed by atoms with Crippen LogP contribution in [0.4, 0.5) is 0 Å². The Labute approximate surface area is 210 Å². The third kappa shape index (κ3) is 3.54. The van der Waals surface area contributed by atoms with Crippen LogP contribution in [-0.4, -0.2) is 33.9 Å². The molecule has 0 spiro atoms. The number of Topliss-reactive ketones (excluding diaryl/α,β-unsaturated/α-hetero) is 2. The summed E-state index contributed by atoms with van der Waals surface area (Å²) in [5.74, 6) is 0.127. The maximum atomic E-state index is 13.9. The molecule has 0 aromatic carbocycles. The third-order valence-corrected chi connectivity index (χ3v) is 11.5. The Hall–Kier alpha value is -1.75. The molecule has 2 fully saturated rings. The average Bonchev–Trinajstić information content (AvgIpc) is 2.99. The van der Waals surface area contributed by atoms with Crippen molar-refractivity contribution >= 4 is 17.5 Å². The summed E-state index contributed by atoms with van der Waals surface area (Å²) in [6.07, 6.45) is 7.00. The predicted octanol–water partition coefficient (Wildman–Crippen LogP) is 5.90. The van der Waals surface area contributed by atoms with Gasteiger partial charge in [-0.05, 0) is 74.0 Å². The van der Waals surface area contributed by atoms with Crippen LogP contribution in [0.3, 0.4) is 0 Å². The zero-order valence-corrected chi connectivity index (χ0v) is 22.7. The highest BCUT2D eigenvalue weighted by Gasteiger charge is 2.68. The molecule has 0 radical (unpaired) electrons. The molecule has 0 aliphatic heterocycles. The van der Waals surface area contributed by atoms with E-state index in [1.54, 1.807) is 13.0 Å². The van der Waals surface area contributed by atoms with Crippen LogP contribution in [0.5, 0.6) is 0 Å². The van der Waals surface area contributed by atoms with Crippen LogP contribution >= 0.6 is 0 Å². The average molecular weight is 485 g/mol. The van der Waals surface area contributed by atoms with Crippen molar-refractivity contribution in [2.45, 2.75) is 106 Å². The Morgan fingerprint density at radius 2 is 1.77 bits per heavy atom. The lowest BCUT2D eigenvalue weighted by atomic mass is 9.43. The number of aliphatic hydroxyl groups excluding tert-OH is 1. The standard InChI is InChI=1S/C30H44O5/c1-17(9-8-10-18(2)26(34)35)20-15-24(33)30(7)25-19(11-14-29(20,30)6)28(5)13-12-23(32)27(3,4)22(28)16-21(25)31/h10,17,20,22,24,33H,8-9,11-16H2,1-7H3,(H,34,35)/b18-10+/t17-,20-,22+,24+,28-,29-,30+/m1/s1. The number of rotatable bonds is 5. The summed E-state index contributed by atoms with van der Waals surface area (Å²) in [6.45, 7) is 14.6. The van der Waals surface area contributed by atoms with Crippen molar-refractivity contribution in [3.05, 3.63) is 22.8 Å². The first-order valence-corrected chi connectivity index (χ1v) is 13.5. The first kappa shape index (κ1) is 26.3. The molecule has 0 amide bonds. The van der Waals surface area contributed by atoms with Crippen LogP contribution in [0, 0.1) is 39.4 Å². The van der Waals surface area contributed by atoms with Gasteiger partial charge in [-0.15, -0.1) is 0 Å². The van der Waals surface area contributed by atoms with E-state index < -0.39 is 22.9 Å². The molecule has 5 nitrogen and oxygen atoms in total. The Bertz CT molecular complexity index is 1020. The van der Waals surface area contributed by atoms with E-state index in [4.69, 9.17) is 5.11 Å². The first-order chi connectivity index (χ1) is 16.1. The number of allylic oxidation sites excluding steroid dienone is 2. The topological polar surface area (TPSA) is 91.7 Å². The number of fused-ring (bicyclic) bond motifs is 4. The second kappa shape index (κ2) is 8.39. The summed E-state index contributed by atoms with van der Waals surface area (Å²) < 4.78 is 0. The Kier molecular flexibility index (Phi) is 6.31. The molecule has 7 atom stereocenters. The van der Waals surface area contributed by atoms with E-state index in [0.717, 1.165) is 31.3 Å². The summed E-state index contributed by atoms with van der Waals surface area (Å²) in [5.41, 5.74) is 1.02. The number of carboxylic acid groups (broad SMARTS) is 1. The molecule has 2 saturated carbocycles. The van der Waals surface area contributed by atoms with Gasteiger partial charge in [0.15, 0.2) is 5.78 Å². The maximum absolute atomic E-state index is 13.9. The molecular formula is C30H44O5. The molecule has 0 aromatic heterocycles. The van der Waals surface area contributed by atoms with E-state index in [1.165, 1.54) is 5.57 Å². The lowest BCUT2D eigenvalue weighted by molar-refractivity contribution is -0.143. The molecule has 0 unspecified atom stereocenters. The van der Waals surface area contributed by atoms with Crippen LogP contribution in [0.2, 0.25) is 0 Å². The summed E-state index contributed by atoms with van der Waals surface area (Å²) in [6, 6.07) is 0. The van der Waals surface area contributed by atoms with E-state index in [1.807, 2.05) is 13.8 Å². The minimum Gasteiger partial charge on any atom is -0.478 e. The van der Waals surface area contributed by atoms with Gasteiger partial charge in [-0.3, -0.25) is 9.59 Å². The van der Waals surface area contributed by atoms with Gasteiger partial charge in [0.25, 0.3) is 0 Å². The highest BCUT2D eigenvalue weighted by atomic mass is 16.4. The first-order valence-electron chi connectivity index (χ1n) is 13.5. The molecule has 194 valence electrons. The minimum absolute atomic E-state index is 0.0213. The van der Waals surface area contributed by atoms with Gasteiger partial charge in [0.1, 0.15) is 5.78 Å². The number of hydrogen-bond acceptors (Lipinski definition) is 4. The predicted molar refractivity (Wildman–Crippen MR) is 136 cm³/mol. The van der Waals surface area contributed by atoms with Gasteiger partial charge in [-0.25, -0.2) is 4.79 Å². The third-order valence-electron chi connectivity index (χ3n) is 11.5. The van der Waals surface area contributed by atoms with E-state index in [-0.39, 0.29) is 34.2 Å². The van der Waals surface area contributed by atoms with Crippen molar-refractivity contribution in [2.75, 3.05) is 0 Å². The lowest BCUT2D eigenvalue weighted by Crippen LogP contribution is -2.57. The van der Waals surface area contributed by atoms with Crippen LogP contribution in [0.25, 0.3) is 0 Å². The monoisotopic (exact) mass is 484 g/mol. The van der Waals surface area contributed by atoms with Crippen LogP contribution in [-0.2, 0) is 14.4 Å². The van der Waals surface area contributed by atoms with Gasteiger partial charge in [0, 0.05) is 34.8 Å². The lowest BCUT2D eigenvalue weighted by Gasteiger charge is -2.60. The smallest absolute Gasteiger partial charge is 0.330 e. The molecule has 35 heavy (non-hydrogen) atoms. The van der Waals surface area contributed by atoms with Gasteiger partial charge < -0.3 is 10.2 Å². The van der Waals surface area contributed by atoms with Gasteiger partial charge in [-0.2, -0.15) is 0 Å². The van der Waals surface area contributed by atoms with Crippen LogP contribution in [0.1, 0.15) is 99.8 Å². The van der Waals surface area contributed by atoms with Crippen LogP contribution in [0.15, 0.2) is 22.8 Å².